The summed E-state index contributed by atoms with van der Waals surface area (Å²) in [4.78, 5) is 8.05. The Kier molecular flexibility index (Phi) is 4.34. The number of primary sulfonamides is 1. The van der Waals surface area contributed by atoms with Crippen LogP contribution in [0.15, 0.2) is 12.4 Å². The van der Waals surface area contributed by atoms with Crippen LogP contribution in [0.2, 0.25) is 0 Å². The molecule has 0 fully saturated rings. The Morgan fingerprint density at radius 2 is 2.00 bits per heavy atom. The Morgan fingerprint density at radius 1 is 1.44 bits per heavy atom. The second-order valence-corrected chi connectivity index (χ2v) is 5.39. The predicted octanol–water partition coefficient (Wildman–Crippen LogP) is -0.369. The lowest BCUT2D eigenvalue weighted by molar-refractivity contribution is 0.196. The molecule has 7 heteroatoms. The highest BCUT2D eigenvalue weighted by Gasteiger charge is 2.22. The number of rotatable bonds is 5. The fourth-order valence-electron chi connectivity index (χ4n) is 1.18. The summed E-state index contributed by atoms with van der Waals surface area (Å²) in [6.45, 7) is 1.90. The van der Waals surface area contributed by atoms with Crippen LogP contribution in [0.25, 0.3) is 0 Å². The zero-order valence-corrected chi connectivity index (χ0v) is 10.1. The Bertz CT molecular complexity index is 430. The first-order valence-electron chi connectivity index (χ1n) is 4.71. The molecule has 0 aliphatic rings. The SMILES string of the molecule is COC[C@H](Cc1ncc(C)cn1)S(N)(=O)=O. The quantitative estimate of drug-likeness (QED) is 0.763. The predicted molar refractivity (Wildman–Crippen MR) is 59.2 cm³/mol. The smallest absolute Gasteiger partial charge is 0.214 e. The first-order chi connectivity index (χ1) is 7.43. The van der Waals surface area contributed by atoms with Crippen LogP contribution in [0.5, 0.6) is 0 Å². The van der Waals surface area contributed by atoms with Crippen LogP contribution in [0, 0.1) is 6.92 Å². The topological polar surface area (TPSA) is 95.2 Å². The number of nitrogens with two attached hydrogens (primary N) is 1. The summed E-state index contributed by atoms with van der Waals surface area (Å²) in [5.41, 5.74) is 0.919. The minimum atomic E-state index is -3.64. The van der Waals surface area contributed by atoms with E-state index in [9.17, 15) is 8.42 Å². The van der Waals surface area contributed by atoms with Gasteiger partial charge in [0.1, 0.15) is 11.1 Å². The van der Waals surface area contributed by atoms with Crippen molar-refractivity contribution in [1.29, 1.82) is 0 Å². The van der Waals surface area contributed by atoms with E-state index in [0.717, 1.165) is 5.56 Å². The molecule has 1 aromatic rings. The number of sulfonamides is 1. The zero-order valence-electron chi connectivity index (χ0n) is 9.25. The van der Waals surface area contributed by atoms with Gasteiger partial charge in [-0.2, -0.15) is 0 Å². The zero-order chi connectivity index (χ0) is 12.2. The van der Waals surface area contributed by atoms with E-state index in [0.29, 0.717) is 5.82 Å². The van der Waals surface area contributed by atoms with Gasteiger partial charge in [-0.1, -0.05) is 0 Å². The molecule has 0 amide bonds. The largest absolute Gasteiger partial charge is 0.383 e. The lowest BCUT2D eigenvalue weighted by Gasteiger charge is -2.12. The summed E-state index contributed by atoms with van der Waals surface area (Å²) in [6.07, 6.45) is 3.43. The maximum absolute atomic E-state index is 11.2. The van der Waals surface area contributed by atoms with Gasteiger partial charge in [0.15, 0.2) is 0 Å². The number of aryl methyl sites for hydroxylation is 1. The van der Waals surface area contributed by atoms with E-state index >= 15 is 0 Å². The molecular formula is C9H15N3O3S. The highest BCUT2D eigenvalue weighted by Crippen LogP contribution is 2.05. The summed E-state index contributed by atoms with van der Waals surface area (Å²) >= 11 is 0. The van der Waals surface area contributed by atoms with Crippen LogP contribution in [-0.2, 0) is 21.2 Å². The van der Waals surface area contributed by atoms with E-state index in [1.54, 1.807) is 12.4 Å². The Morgan fingerprint density at radius 3 is 2.44 bits per heavy atom. The van der Waals surface area contributed by atoms with Crippen LogP contribution >= 0.6 is 0 Å². The molecule has 0 unspecified atom stereocenters. The first-order valence-corrected chi connectivity index (χ1v) is 6.32. The summed E-state index contributed by atoms with van der Waals surface area (Å²) in [6, 6.07) is 0. The van der Waals surface area contributed by atoms with Crippen LogP contribution in [0.3, 0.4) is 0 Å². The average Bonchev–Trinajstić information content (AvgIpc) is 2.19. The minimum absolute atomic E-state index is 0.0378. The standard InChI is InChI=1S/C9H15N3O3S/c1-7-4-11-9(12-5-7)3-8(6-15-2)16(10,13)14/h4-5,8H,3,6H2,1-2H3,(H2,10,13,14)/t8-/m0/s1. The van der Waals surface area contributed by atoms with Crippen molar-refractivity contribution in [3.8, 4) is 0 Å². The van der Waals surface area contributed by atoms with E-state index in [1.807, 2.05) is 6.92 Å². The van der Waals surface area contributed by atoms with Gasteiger partial charge in [0.2, 0.25) is 10.0 Å². The Hall–Kier alpha value is -1.05. The molecule has 0 saturated carbocycles. The molecule has 16 heavy (non-hydrogen) atoms. The molecule has 0 aliphatic heterocycles. The molecule has 90 valence electrons. The molecule has 0 bridgehead atoms. The maximum atomic E-state index is 11.2. The highest BCUT2D eigenvalue weighted by atomic mass is 32.2. The lowest BCUT2D eigenvalue weighted by Crippen LogP contribution is -2.34. The molecule has 1 rings (SSSR count). The molecule has 0 saturated heterocycles. The van der Waals surface area contributed by atoms with Gasteiger partial charge in [0.05, 0.1) is 6.61 Å². The van der Waals surface area contributed by atoms with Crippen molar-refractivity contribution in [2.45, 2.75) is 18.6 Å². The van der Waals surface area contributed by atoms with Gasteiger partial charge in [-0.05, 0) is 12.5 Å². The monoisotopic (exact) mass is 245 g/mol. The molecule has 0 aliphatic carbocycles. The fraction of sp³-hybridized carbons (Fsp3) is 0.556. The maximum Gasteiger partial charge on any atom is 0.214 e. The van der Waals surface area contributed by atoms with Gasteiger partial charge in [-0.25, -0.2) is 23.5 Å². The summed E-state index contributed by atoms with van der Waals surface area (Å²) in [7, 11) is -2.22. The van der Waals surface area contributed by atoms with Gasteiger partial charge in [-0.15, -0.1) is 0 Å². The van der Waals surface area contributed by atoms with Crippen molar-refractivity contribution in [3.05, 3.63) is 23.8 Å². The Labute approximate surface area is 94.9 Å². The summed E-state index contributed by atoms with van der Waals surface area (Å²) < 4.78 is 27.3. The van der Waals surface area contributed by atoms with E-state index in [2.05, 4.69) is 9.97 Å². The van der Waals surface area contributed by atoms with Crippen molar-refractivity contribution in [1.82, 2.24) is 9.97 Å². The van der Waals surface area contributed by atoms with Crippen molar-refractivity contribution >= 4 is 10.0 Å². The summed E-state index contributed by atoms with van der Waals surface area (Å²) in [5, 5.41) is 4.27. The number of hydrogen-bond donors (Lipinski definition) is 1. The molecule has 0 aromatic carbocycles. The third kappa shape index (κ3) is 3.84. The van der Waals surface area contributed by atoms with Gasteiger partial charge in [0, 0.05) is 25.9 Å². The normalized spacial score (nSPS) is 13.7. The van der Waals surface area contributed by atoms with E-state index in [4.69, 9.17) is 9.88 Å². The average molecular weight is 245 g/mol. The third-order valence-corrected chi connectivity index (χ3v) is 3.29. The fourth-order valence-corrected chi connectivity index (χ4v) is 1.89. The number of methoxy groups -OCH3 is 1. The van der Waals surface area contributed by atoms with Crippen LogP contribution in [-0.4, -0.2) is 37.4 Å². The second-order valence-electron chi connectivity index (χ2n) is 3.55. The summed E-state index contributed by atoms with van der Waals surface area (Å²) in [5.74, 6) is 0.446. The molecule has 1 aromatic heterocycles. The number of ether oxygens (including phenoxy) is 1. The Balaban J connectivity index is 2.80. The van der Waals surface area contributed by atoms with Gasteiger partial charge >= 0.3 is 0 Å². The van der Waals surface area contributed by atoms with Gasteiger partial charge < -0.3 is 4.74 Å². The molecule has 0 spiro atoms. The van der Waals surface area contributed by atoms with E-state index in [1.165, 1.54) is 7.11 Å². The van der Waals surface area contributed by atoms with Crippen molar-refractivity contribution in [2.75, 3.05) is 13.7 Å². The molecule has 0 radical (unpaired) electrons. The van der Waals surface area contributed by atoms with Crippen molar-refractivity contribution < 1.29 is 13.2 Å². The van der Waals surface area contributed by atoms with Gasteiger partial charge in [0.25, 0.3) is 0 Å². The minimum Gasteiger partial charge on any atom is -0.383 e. The van der Waals surface area contributed by atoms with Crippen LogP contribution in [0.4, 0.5) is 0 Å². The first kappa shape index (κ1) is 13.0. The van der Waals surface area contributed by atoms with E-state index < -0.39 is 15.3 Å². The molecule has 2 N–H and O–H groups in total. The van der Waals surface area contributed by atoms with Gasteiger partial charge in [-0.3, -0.25) is 0 Å². The molecule has 1 heterocycles. The molecular weight excluding hydrogens is 230 g/mol. The highest BCUT2D eigenvalue weighted by molar-refractivity contribution is 7.89. The second kappa shape index (κ2) is 5.33. The van der Waals surface area contributed by atoms with Crippen molar-refractivity contribution in [2.24, 2.45) is 5.14 Å². The molecule has 6 nitrogen and oxygen atoms in total. The number of nitrogens with zero attached hydrogens (tertiary/aromatic N) is 2. The number of hydrogen-bond acceptors (Lipinski definition) is 5. The van der Waals surface area contributed by atoms with Crippen LogP contribution < -0.4 is 5.14 Å². The van der Waals surface area contributed by atoms with E-state index in [-0.39, 0.29) is 13.0 Å². The lowest BCUT2D eigenvalue weighted by atomic mass is 10.3. The molecule has 1 atom stereocenters. The number of aromatic nitrogens is 2. The van der Waals surface area contributed by atoms with Crippen LogP contribution in [0.1, 0.15) is 11.4 Å². The van der Waals surface area contributed by atoms with Crippen molar-refractivity contribution in [3.63, 3.8) is 0 Å². The third-order valence-electron chi connectivity index (χ3n) is 2.06.